The van der Waals surface area contributed by atoms with Crippen LogP contribution in [0.15, 0.2) is 102 Å². The summed E-state index contributed by atoms with van der Waals surface area (Å²) >= 11 is 13.1. The number of benzene rings is 4. The van der Waals surface area contributed by atoms with E-state index in [4.69, 9.17) is 23.2 Å². The minimum absolute atomic E-state index is 0.131. The average Bonchev–Trinajstić information content (AvgIpc) is 2.99. The Morgan fingerprint density at radius 1 is 0.848 bits per heavy atom. The number of aryl methyl sites for hydroxylation is 1. The Kier molecular flexibility index (Phi) is 11.1. The number of nitrogens with one attached hydrogen (secondary N) is 1. The maximum atomic E-state index is 14.5. The van der Waals surface area contributed by atoms with Gasteiger partial charge in [-0.25, -0.2) is 12.8 Å². The Morgan fingerprint density at radius 2 is 1.43 bits per heavy atom. The monoisotopic (exact) mass is 683 g/mol. The number of rotatable bonds is 11. The summed E-state index contributed by atoms with van der Waals surface area (Å²) in [5, 5.41) is 3.55. The lowest BCUT2D eigenvalue weighted by molar-refractivity contribution is -0.140. The van der Waals surface area contributed by atoms with E-state index in [9.17, 15) is 22.4 Å². The fraction of sp³-hybridized carbons (Fsp3) is 0.257. The van der Waals surface area contributed by atoms with Crippen molar-refractivity contribution in [1.82, 2.24) is 10.2 Å². The first kappa shape index (κ1) is 34.9. The van der Waals surface area contributed by atoms with E-state index in [0.717, 1.165) is 39.7 Å². The number of anilines is 1. The van der Waals surface area contributed by atoms with Gasteiger partial charge in [0.25, 0.3) is 10.0 Å². The second kappa shape index (κ2) is 14.7. The molecule has 0 aliphatic carbocycles. The number of carbonyl (C=O) groups is 2. The molecule has 2 amide bonds. The van der Waals surface area contributed by atoms with Crippen LogP contribution in [0.4, 0.5) is 10.1 Å². The third kappa shape index (κ3) is 8.87. The van der Waals surface area contributed by atoms with Gasteiger partial charge in [-0.2, -0.15) is 0 Å². The third-order valence-electron chi connectivity index (χ3n) is 7.16. The molecule has 7 nitrogen and oxygen atoms in total. The smallest absolute Gasteiger partial charge is 0.264 e. The first-order chi connectivity index (χ1) is 21.7. The van der Waals surface area contributed by atoms with Crippen LogP contribution in [0.5, 0.6) is 0 Å². The molecule has 0 spiro atoms. The van der Waals surface area contributed by atoms with Crippen LogP contribution >= 0.6 is 23.2 Å². The second-order valence-electron chi connectivity index (χ2n) is 12.0. The van der Waals surface area contributed by atoms with Crippen molar-refractivity contribution in [1.29, 1.82) is 0 Å². The first-order valence-corrected chi connectivity index (χ1v) is 16.8. The van der Waals surface area contributed by atoms with Gasteiger partial charge in [-0.05, 0) is 81.8 Å². The minimum Gasteiger partial charge on any atom is -0.350 e. The number of hydrogen-bond acceptors (Lipinski definition) is 4. The highest BCUT2D eigenvalue weighted by Gasteiger charge is 2.36. The van der Waals surface area contributed by atoms with E-state index in [1.165, 1.54) is 4.90 Å². The van der Waals surface area contributed by atoms with Gasteiger partial charge >= 0.3 is 0 Å². The molecule has 46 heavy (non-hydrogen) atoms. The number of carbonyl (C=O) groups excluding carboxylic acids is 2. The molecular weight excluding hydrogens is 648 g/mol. The van der Waals surface area contributed by atoms with E-state index in [1.807, 2.05) is 58.0 Å². The molecule has 11 heteroatoms. The number of hydrogen-bond donors (Lipinski definition) is 1. The van der Waals surface area contributed by atoms with Gasteiger partial charge in [0.2, 0.25) is 11.8 Å². The van der Waals surface area contributed by atoms with Gasteiger partial charge in [0.15, 0.2) is 0 Å². The van der Waals surface area contributed by atoms with Crippen molar-refractivity contribution in [3.63, 3.8) is 0 Å². The Labute approximate surface area is 280 Å². The van der Waals surface area contributed by atoms with E-state index in [1.54, 1.807) is 42.5 Å². The fourth-order valence-corrected chi connectivity index (χ4v) is 6.77. The van der Waals surface area contributed by atoms with Crippen LogP contribution in [-0.2, 0) is 32.6 Å². The summed E-state index contributed by atoms with van der Waals surface area (Å²) in [7, 11) is -4.37. The molecule has 4 rings (SSSR count). The van der Waals surface area contributed by atoms with Crippen molar-refractivity contribution in [3.8, 4) is 0 Å². The quantitative estimate of drug-likeness (QED) is 0.181. The Balaban J connectivity index is 1.85. The van der Waals surface area contributed by atoms with Gasteiger partial charge in [-0.3, -0.25) is 13.9 Å². The molecule has 0 fully saturated rings. The van der Waals surface area contributed by atoms with Gasteiger partial charge in [0.05, 0.1) is 10.6 Å². The average molecular weight is 685 g/mol. The lowest BCUT2D eigenvalue weighted by atomic mass is 10.0. The molecule has 0 aromatic heterocycles. The topological polar surface area (TPSA) is 86.8 Å². The zero-order valence-electron chi connectivity index (χ0n) is 26.0. The lowest BCUT2D eigenvalue weighted by Crippen LogP contribution is -2.56. The largest absolute Gasteiger partial charge is 0.350 e. The van der Waals surface area contributed by atoms with Crippen LogP contribution in [0.25, 0.3) is 0 Å². The van der Waals surface area contributed by atoms with Crippen LogP contribution in [0.2, 0.25) is 10.0 Å². The zero-order valence-corrected chi connectivity index (χ0v) is 28.3. The maximum Gasteiger partial charge on any atom is 0.264 e. The number of amides is 2. The van der Waals surface area contributed by atoms with E-state index >= 15 is 0 Å². The highest BCUT2D eigenvalue weighted by molar-refractivity contribution is 7.92. The van der Waals surface area contributed by atoms with Gasteiger partial charge in [-0.1, -0.05) is 77.3 Å². The molecule has 4 aromatic carbocycles. The molecule has 0 saturated heterocycles. The van der Waals surface area contributed by atoms with Crippen molar-refractivity contribution in [3.05, 3.63) is 130 Å². The Hall–Kier alpha value is -3.92. The van der Waals surface area contributed by atoms with Gasteiger partial charge in [0, 0.05) is 34.1 Å². The van der Waals surface area contributed by atoms with E-state index in [-0.39, 0.29) is 33.6 Å². The van der Waals surface area contributed by atoms with E-state index in [0.29, 0.717) is 5.56 Å². The molecule has 0 saturated carbocycles. The summed E-state index contributed by atoms with van der Waals surface area (Å²) < 4.78 is 42.8. The fourth-order valence-electron chi connectivity index (χ4n) is 4.83. The van der Waals surface area contributed by atoms with Crippen molar-refractivity contribution in [2.75, 3.05) is 10.8 Å². The Bertz CT molecular complexity index is 1760. The van der Waals surface area contributed by atoms with Crippen LogP contribution in [0.3, 0.4) is 0 Å². The molecule has 242 valence electrons. The van der Waals surface area contributed by atoms with Crippen molar-refractivity contribution in [2.45, 2.75) is 57.1 Å². The third-order valence-corrected chi connectivity index (χ3v) is 9.66. The maximum absolute atomic E-state index is 14.5. The molecule has 0 heterocycles. The predicted octanol–water partition coefficient (Wildman–Crippen LogP) is 7.19. The predicted molar refractivity (Wildman–Crippen MR) is 181 cm³/mol. The Morgan fingerprint density at radius 3 is 2.00 bits per heavy atom. The first-order valence-electron chi connectivity index (χ1n) is 14.6. The van der Waals surface area contributed by atoms with Crippen molar-refractivity contribution < 1.29 is 22.4 Å². The molecule has 0 aliphatic rings. The van der Waals surface area contributed by atoms with Crippen molar-refractivity contribution >= 4 is 50.7 Å². The molecule has 4 aromatic rings. The van der Waals surface area contributed by atoms with Crippen LogP contribution in [0, 0.1) is 12.7 Å². The summed E-state index contributed by atoms with van der Waals surface area (Å²) in [6.45, 7) is 6.50. The zero-order chi connectivity index (χ0) is 33.6. The molecule has 1 unspecified atom stereocenters. The highest BCUT2D eigenvalue weighted by Crippen LogP contribution is 2.29. The lowest BCUT2D eigenvalue weighted by Gasteiger charge is -2.35. The molecule has 0 aliphatic heterocycles. The molecular formula is C35H36Cl2FN3O4S. The SMILES string of the molecule is Cc1ccc(N(CC(=O)N(Cc2c(Cl)cccc2Cl)C(Cc2ccccc2)C(=O)NC(C)(C)C)S(=O)(=O)c2ccc(F)cc2)cc1. The minimum atomic E-state index is -4.37. The molecule has 1 N–H and O–H groups in total. The summed E-state index contributed by atoms with van der Waals surface area (Å²) in [5.41, 5.74) is 1.66. The number of nitrogens with zero attached hydrogens (tertiary/aromatic N) is 2. The molecule has 1 atom stereocenters. The van der Waals surface area contributed by atoms with E-state index < -0.39 is 45.8 Å². The van der Waals surface area contributed by atoms with E-state index in [2.05, 4.69) is 5.32 Å². The second-order valence-corrected chi connectivity index (χ2v) is 14.6. The summed E-state index contributed by atoms with van der Waals surface area (Å²) in [4.78, 5) is 29.6. The number of sulfonamides is 1. The van der Waals surface area contributed by atoms with Gasteiger partial charge in [-0.15, -0.1) is 0 Å². The molecule has 0 radical (unpaired) electrons. The normalized spacial score (nSPS) is 12.3. The summed E-state index contributed by atoms with van der Waals surface area (Å²) in [6.07, 6.45) is 0.131. The van der Waals surface area contributed by atoms with Crippen LogP contribution in [-0.4, -0.2) is 43.3 Å². The molecule has 0 bridgehead atoms. The van der Waals surface area contributed by atoms with Crippen LogP contribution < -0.4 is 9.62 Å². The number of halogens is 3. The summed E-state index contributed by atoms with van der Waals surface area (Å²) in [6, 6.07) is 24.1. The van der Waals surface area contributed by atoms with Gasteiger partial charge in [0.1, 0.15) is 18.4 Å². The highest BCUT2D eigenvalue weighted by atomic mass is 35.5. The standard InChI is InChI=1S/C35H36Cl2FN3O4S/c1-24-13-17-27(18-14-24)41(46(44,45)28-19-15-26(38)16-20-28)23-33(42)40(22-29-30(36)11-8-12-31(29)37)32(34(43)39-35(2,3)4)21-25-9-6-5-7-10-25/h5-20,32H,21-23H2,1-4H3,(H,39,43). The van der Waals surface area contributed by atoms with Crippen molar-refractivity contribution in [2.24, 2.45) is 0 Å². The summed E-state index contributed by atoms with van der Waals surface area (Å²) in [5.74, 6) is -1.71. The van der Waals surface area contributed by atoms with Crippen LogP contribution in [0.1, 0.15) is 37.5 Å². The van der Waals surface area contributed by atoms with Gasteiger partial charge < -0.3 is 10.2 Å².